The standard InChI is InChI=1S/C19H19FN6O3/c1-13(27)22-8-16-11-25(19(28)29-16)15-2-3-18(17(20)6-15)26-10-14(7-23-26)9-24-5-4-21-12-24/h2-7,10,12,16H,8-9,11H2,1H3,(H,22,27)/t16-/m0/s1. The van der Waals surface area contributed by atoms with Crippen LogP contribution in [-0.4, -0.2) is 50.5 Å². The summed E-state index contributed by atoms with van der Waals surface area (Å²) in [4.78, 5) is 28.4. The molecule has 0 bridgehead atoms. The molecule has 3 aromatic rings. The Bertz CT molecular complexity index is 1030. The van der Waals surface area contributed by atoms with Crippen LogP contribution in [0.2, 0.25) is 0 Å². The number of halogens is 1. The van der Waals surface area contributed by atoms with E-state index < -0.39 is 18.0 Å². The first kappa shape index (κ1) is 18.7. The molecule has 3 heterocycles. The molecule has 0 saturated carbocycles. The number of benzene rings is 1. The van der Waals surface area contributed by atoms with E-state index in [0.29, 0.717) is 12.2 Å². The Kier molecular flexibility index (Phi) is 4.98. The second kappa shape index (κ2) is 7.74. The Morgan fingerprint density at radius 1 is 1.41 bits per heavy atom. The van der Waals surface area contributed by atoms with E-state index in [0.717, 1.165) is 5.56 Å². The fraction of sp³-hybridized carbons (Fsp3) is 0.263. The molecule has 0 spiro atoms. The van der Waals surface area contributed by atoms with Crippen molar-refractivity contribution in [3.05, 3.63) is 60.7 Å². The average Bonchev–Trinajstić information content (AvgIpc) is 3.42. The van der Waals surface area contributed by atoms with Crippen molar-refractivity contribution < 1.29 is 18.7 Å². The maximum Gasteiger partial charge on any atom is 0.414 e. The van der Waals surface area contributed by atoms with Crippen molar-refractivity contribution in [2.24, 2.45) is 0 Å². The van der Waals surface area contributed by atoms with Gasteiger partial charge >= 0.3 is 6.09 Å². The van der Waals surface area contributed by atoms with E-state index in [9.17, 15) is 14.0 Å². The van der Waals surface area contributed by atoms with E-state index in [1.807, 2.05) is 10.8 Å². The van der Waals surface area contributed by atoms with Gasteiger partial charge in [-0.1, -0.05) is 0 Å². The van der Waals surface area contributed by atoms with Crippen LogP contribution in [0.5, 0.6) is 0 Å². The summed E-state index contributed by atoms with van der Waals surface area (Å²) in [6, 6.07) is 4.47. The van der Waals surface area contributed by atoms with Crippen LogP contribution < -0.4 is 10.2 Å². The van der Waals surface area contributed by atoms with Gasteiger partial charge < -0.3 is 14.6 Å². The summed E-state index contributed by atoms with van der Waals surface area (Å²) in [5, 5.41) is 6.83. The number of amides is 2. The van der Waals surface area contributed by atoms with Crippen molar-refractivity contribution in [3.8, 4) is 5.69 Å². The second-order valence-electron chi connectivity index (χ2n) is 6.72. The molecule has 1 N–H and O–H groups in total. The van der Waals surface area contributed by atoms with Crippen LogP contribution in [0, 0.1) is 5.82 Å². The minimum Gasteiger partial charge on any atom is -0.442 e. The molecule has 0 unspecified atom stereocenters. The zero-order valence-corrected chi connectivity index (χ0v) is 15.7. The van der Waals surface area contributed by atoms with Crippen LogP contribution in [0.15, 0.2) is 49.3 Å². The minimum absolute atomic E-state index is 0.207. The lowest BCUT2D eigenvalue weighted by Crippen LogP contribution is -2.33. The highest BCUT2D eigenvalue weighted by molar-refractivity contribution is 5.90. The predicted molar refractivity (Wildman–Crippen MR) is 101 cm³/mol. The lowest BCUT2D eigenvalue weighted by Gasteiger charge is -2.14. The number of ether oxygens (including phenoxy) is 1. The van der Waals surface area contributed by atoms with Gasteiger partial charge in [-0.3, -0.25) is 9.69 Å². The number of hydrogen-bond acceptors (Lipinski definition) is 5. The summed E-state index contributed by atoms with van der Waals surface area (Å²) in [6.45, 7) is 2.41. The number of imidazole rings is 1. The van der Waals surface area contributed by atoms with Gasteiger partial charge in [0.25, 0.3) is 0 Å². The van der Waals surface area contributed by atoms with Gasteiger partial charge in [-0.2, -0.15) is 5.10 Å². The first-order valence-electron chi connectivity index (χ1n) is 9.01. The number of cyclic esters (lactones) is 1. The normalized spacial score (nSPS) is 16.1. The van der Waals surface area contributed by atoms with Gasteiger partial charge in [0.15, 0.2) is 5.82 Å². The zero-order chi connectivity index (χ0) is 20.4. The molecule has 1 aliphatic heterocycles. The number of nitrogens with one attached hydrogen (secondary N) is 1. The molecule has 1 aromatic carbocycles. The molecule has 9 nitrogen and oxygen atoms in total. The Hall–Kier alpha value is -3.69. The minimum atomic E-state index is -0.575. The highest BCUT2D eigenvalue weighted by Crippen LogP contribution is 2.25. The van der Waals surface area contributed by atoms with Crippen molar-refractivity contribution in [1.29, 1.82) is 0 Å². The van der Waals surface area contributed by atoms with Crippen molar-refractivity contribution >= 4 is 17.7 Å². The van der Waals surface area contributed by atoms with E-state index in [2.05, 4.69) is 15.4 Å². The number of aromatic nitrogens is 4. The molecule has 0 aliphatic carbocycles. The number of carbonyl (C=O) groups excluding carboxylic acids is 2. The maximum absolute atomic E-state index is 14.7. The third kappa shape index (κ3) is 4.10. The third-order valence-electron chi connectivity index (χ3n) is 4.50. The van der Waals surface area contributed by atoms with Crippen LogP contribution in [0.1, 0.15) is 12.5 Å². The number of nitrogens with zero attached hydrogens (tertiary/aromatic N) is 5. The van der Waals surface area contributed by atoms with E-state index >= 15 is 0 Å². The van der Waals surface area contributed by atoms with E-state index in [-0.39, 0.29) is 24.7 Å². The van der Waals surface area contributed by atoms with Gasteiger partial charge in [0, 0.05) is 31.1 Å². The molecular formula is C19H19FN6O3. The molecule has 4 rings (SSSR count). The van der Waals surface area contributed by atoms with Crippen LogP contribution in [0.25, 0.3) is 5.69 Å². The molecule has 1 atom stereocenters. The van der Waals surface area contributed by atoms with Gasteiger partial charge in [0.1, 0.15) is 11.8 Å². The number of rotatable bonds is 6. The Balaban J connectivity index is 1.48. The molecule has 150 valence electrons. The van der Waals surface area contributed by atoms with Gasteiger partial charge in [-0.15, -0.1) is 0 Å². The number of anilines is 1. The molecule has 29 heavy (non-hydrogen) atoms. The summed E-state index contributed by atoms with van der Waals surface area (Å²) in [5.74, 6) is -0.723. The largest absolute Gasteiger partial charge is 0.442 e. The Morgan fingerprint density at radius 2 is 2.28 bits per heavy atom. The Morgan fingerprint density at radius 3 is 3.00 bits per heavy atom. The van der Waals surface area contributed by atoms with Crippen molar-refractivity contribution in [2.75, 3.05) is 18.0 Å². The number of carbonyl (C=O) groups is 2. The molecule has 1 fully saturated rings. The summed E-state index contributed by atoms with van der Waals surface area (Å²) in [6.07, 6.45) is 7.57. The van der Waals surface area contributed by atoms with Crippen LogP contribution in [0.3, 0.4) is 0 Å². The van der Waals surface area contributed by atoms with E-state index in [1.54, 1.807) is 37.1 Å². The third-order valence-corrected chi connectivity index (χ3v) is 4.50. The van der Waals surface area contributed by atoms with Crippen molar-refractivity contribution in [1.82, 2.24) is 24.6 Å². The fourth-order valence-electron chi connectivity index (χ4n) is 3.11. The Labute approximate surface area is 165 Å². The van der Waals surface area contributed by atoms with Gasteiger partial charge in [-0.05, 0) is 18.2 Å². The van der Waals surface area contributed by atoms with E-state index in [1.165, 1.54) is 22.6 Å². The molecule has 1 saturated heterocycles. The van der Waals surface area contributed by atoms with Gasteiger partial charge in [0.2, 0.25) is 5.91 Å². The lowest BCUT2D eigenvalue weighted by atomic mass is 10.2. The molecule has 0 radical (unpaired) electrons. The lowest BCUT2D eigenvalue weighted by molar-refractivity contribution is -0.119. The van der Waals surface area contributed by atoms with E-state index in [4.69, 9.17) is 4.74 Å². The molecular weight excluding hydrogens is 379 g/mol. The monoisotopic (exact) mass is 398 g/mol. The average molecular weight is 398 g/mol. The fourth-order valence-corrected chi connectivity index (χ4v) is 3.11. The van der Waals surface area contributed by atoms with Crippen molar-refractivity contribution in [3.63, 3.8) is 0 Å². The quantitative estimate of drug-likeness (QED) is 0.682. The molecule has 2 aromatic heterocycles. The van der Waals surface area contributed by atoms with Crippen LogP contribution in [-0.2, 0) is 16.1 Å². The summed E-state index contributed by atoms with van der Waals surface area (Å²) < 4.78 is 23.3. The highest BCUT2D eigenvalue weighted by atomic mass is 19.1. The zero-order valence-electron chi connectivity index (χ0n) is 15.7. The maximum atomic E-state index is 14.7. The molecule has 10 heteroatoms. The smallest absolute Gasteiger partial charge is 0.414 e. The second-order valence-corrected chi connectivity index (χ2v) is 6.72. The van der Waals surface area contributed by atoms with Gasteiger partial charge in [-0.25, -0.2) is 18.9 Å². The molecule has 1 aliphatic rings. The first-order chi connectivity index (χ1) is 14.0. The number of hydrogen-bond donors (Lipinski definition) is 1. The topological polar surface area (TPSA) is 94.3 Å². The van der Waals surface area contributed by atoms with Crippen LogP contribution >= 0.6 is 0 Å². The van der Waals surface area contributed by atoms with Gasteiger partial charge in [0.05, 0.1) is 37.8 Å². The summed E-state index contributed by atoms with van der Waals surface area (Å²) >= 11 is 0. The SMILES string of the molecule is CC(=O)NC[C@H]1CN(c2ccc(-n3cc(Cn4ccnc4)cn3)c(F)c2)C(=O)O1. The first-order valence-corrected chi connectivity index (χ1v) is 9.01. The van der Waals surface area contributed by atoms with Crippen molar-refractivity contribution in [2.45, 2.75) is 19.6 Å². The summed E-state index contributed by atoms with van der Waals surface area (Å²) in [5.41, 5.74) is 1.55. The highest BCUT2D eigenvalue weighted by Gasteiger charge is 2.32. The summed E-state index contributed by atoms with van der Waals surface area (Å²) in [7, 11) is 0. The predicted octanol–water partition coefficient (Wildman–Crippen LogP) is 1.72. The van der Waals surface area contributed by atoms with Crippen LogP contribution in [0.4, 0.5) is 14.9 Å². The molecule has 2 amide bonds.